The van der Waals surface area contributed by atoms with Crippen molar-refractivity contribution < 1.29 is 4.39 Å². The fraction of sp³-hybridized carbons (Fsp3) is 0.133. The van der Waals surface area contributed by atoms with E-state index in [4.69, 9.17) is 12.2 Å². The lowest BCUT2D eigenvalue weighted by atomic mass is 10.0. The van der Waals surface area contributed by atoms with Gasteiger partial charge in [-0.2, -0.15) is 5.43 Å². The summed E-state index contributed by atoms with van der Waals surface area (Å²) in [4.78, 5) is 0. The number of thiocarbonyl (C=S) groups is 1. The van der Waals surface area contributed by atoms with Gasteiger partial charge in [0.15, 0.2) is 5.11 Å². The summed E-state index contributed by atoms with van der Waals surface area (Å²) >= 11 is 5.38. The molecule has 1 atom stereocenters. The summed E-state index contributed by atoms with van der Waals surface area (Å²) in [7, 11) is 0. The van der Waals surface area contributed by atoms with Crippen LogP contribution in [0.1, 0.15) is 12.5 Å². The molecule has 5 heteroatoms. The second kappa shape index (κ2) is 4.85. The van der Waals surface area contributed by atoms with Gasteiger partial charge in [-0.15, -0.1) is 0 Å². The van der Waals surface area contributed by atoms with E-state index in [-0.39, 0.29) is 5.82 Å². The third-order valence-corrected chi connectivity index (χ3v) is 3.62. The summed E-state index contributed by atoms with van der Waals surface area (Å²) in [5, 5.41) is 5.64. The van der Waals surface area contributed by atoms with Gasteiger partial charge in [-0.25, -0.2) is 9.40 Å². The molecule has 2 aromatic rings. The van der Waals surface area contributed by atoms with Gasteiger partial charge in [0.25, 0.3) is 0 Å². The van der Waals surface area contributed by atoms with Gasteiger partial charge in [-0.05, 0) is 49.0 Å². The Morgan fingerprint density at radius 2 is 1.70 bits per heavy atom. The largest absolute Gasteiger partial charge is 0.338 e. The van der Waals surface area contributed by atoms with E-state index in [1.54, 1.807) is 12.1 Å². The van der Waals surface area contributed by atoms with Crippen molar-refractivity contribution in [2.24, 2.45) is 0 Å². The molecule has 102 valence electrons. The van der Waals surface area contributed by atoms with Crippen LogP contribution < -0.4 is 15.8 Å². The van der Waals surface area contributed by atoms with Crippen LogP contribution in [0.2, 0.25) is 0 Å². The van der Waals surface area contributed by atoms with E-state index in [2.05, 4.69) is 10.7 Å². The molecular formula is C15H14FN3S. The third-order valence-electron chi connectivity index (χ3n) is 3.33. The standard InChI is InChI=1S/C15H14FN3S/c1-15(11-7-9-12(16)10-8-11)17-14(20)19(18-15)13-5-3-2-4-6-13/h2-10,18H,1H3,(H,17,20)/t15-/m1/s1. The van der Waals surface area contributed by atoms with E-state index in [1.165, 1.54) is 12.1 Å². The van der Waals surface area contributed by atoms with Crippen molar-refractivity contribution in [3.8, 4) is 0 Å². The molecule has 2 N–H and O–H groups in total. The van der Waals surface area contributed by atoms with Gasteiger partial charge in [-0.3, -0.25) is 0 Å². The first kappa shape index (κ1) is 13.0. The van der Waals surface area contributed by atoms with E-state index in [9.17, 15) is 4.39 Å². The number of nitrogens with zero attached hydrogens (tertiary/aromatic N) is 1. The summed E-state index contributed by atoms with van der Waals surface area (Å²) in [5.41, 5.74) is 4.64. The number of para-hydroxylation sites is 1. The number of hydrazine groups is 1. The monoisotopic (exact) mass is 287 g/mol. The van der Waals surface area contributed by atoms with Crippen molar-refractivity contribution in [1.82, 2.24) is 10.7 Å². The Labute approximate surface area is 122 Å². The Balaban J connectivity index is 1.91. The molecule has 1 heterocycles. The Hall–Kier alpha value is -1.98. The van der Waals surface area contributed by atoms with Gasteiger partial charge in [0, 0.05) is 0 Å². The van der Waals surface area contributed by atoms with Crippen LogP contribution in [0.4, 0.5) is 10.1 Å². The molecule has 20 heavy (non-hydrogen) atoms. The first-order chi connectivity index (χ1) is 9.58. The van der Waals surface area contributed by atoms with Crippen LogP contribution in [0, 0.1) is 5.82 Å². The fourth-order valence-corrected chi connectivity index (χ4v) is 2.61. The average Bonchev–Trinajstić information content (AvgIpc) is 2.77. The highest BCUT2D eigenvalue weighted by atomic mass is 32.1. The number of hydrogen-bond acceptors (Lipinski definition) is 2. The van der Waals surface area contributed by atoms with Crippen molar-refractivity contribution in [3.63, 3.8) is 0 Å². The first-order valence-corrected chi connectivity index (χ1v) is 6.70. The third kappa shape index (κ3) is 2.26. The summed E-state index contributed by atoms with van der Waals surface area (Å²) in [6.07, 6.45) is 0. The minimum atomic E-state index is -0.555. The SMILES string of the molecule is C[C@@]1(c2ccc(F)cc2)NC(=S)N(c2ccccc2)N1. The maximum Gasteiger partial charge on any atom is 0.190 e. The Kier molecular flexibility index (Phi) is 3.16. The highest BCUT2D eigenvalue weighted by molar-refractivity contribution is 7.80. The Morgan fingerprint density at radius 3 is 2.35 bits per heavy atom. The van der Waals surface area contributed by atoms with Crippen molar-refractivity contribution in [2.75, 3.05) is 5.01 Å². The van der Waals surface area contributed by atoms with E-state index < -0.39 is 5.66 Å². The van der Waals surface area contributed by atoms with Crippen LogP contribution in [0.15, 0.2) is 54.6 Å². The van der Waals surface area contributed by atoms with E-state index in [0.717, 1.165) is 11.3 Å². The Bertz CT molecular complexity index is 629. The molecule has 1 aliphatic heterocycles. The van der Waals surface area contributed by atoms with E-state index in [1.807, 2.05) is 42.3 Å². The molecule has 3 rings (SSSR count). The molecule has 0 aromatic heterocycles. The van der Waals surface area contributed by atoms with Gasteiger partial charge in [0.2, 0.25) is 0 Å². The lowest BCUT2D eigenvalue weighted by Gasteiger charge is -2.26. The lowest BCUT2D eigenvalue weighted by Crippen LogP contribution is -2.45. The molecule has 1 saturated heterocycles. The minimum Gasteiger partial charge on any atom is -0.338 e. The number of halogens is 1. The molecular weight excluding hydrogens is 273 g/mol. The second-order valence-corrected chi connectivity index (χ2v) is 5.23. The van der Waals surface area contributed by atoms with Gasteiger partial charge in [-0.1, -0.05) is 30.3 Å². The average molecular weight is 287 g/mol. The predicted molar refractivity (Wildman–Crippen MR) is 81.5 cm³/mol. The van der Waals surface area contributed by atoms with Gasteiger partial charge < -0.3 is 5.32 Å². The van der Waals surface area contributed by atoms with E-state index in [0.29, 0.717) is 5.11 Å². The highest BCUT2D eigenvalue weighted by Crippen LogP contribution is 2.26. The van der Waals surface area contributed by atoms with Crippen molar-refractivity contribution in [1.29, 1.82) is 0 Å². The highest BCUT2D eigenvalue weighted by Gasteiger charge is 2.37. The predicted octanol–water partition coefficient (Wildman–Crippen LogP) is 2.90. The fourth-order valence-electron chi connectivity index (χ4n) is 2.25. The normalized spacial score (nSPS) is 21.9. The van der Waals surface area contributed by atoms with Crippen LogP contribution in [-0.4, -0.2) is 5.11 Å². The topological polar surface area (TPSA) is 27.3 Å². The van der Waals surface area contributed by atoms with Gasteiger partial charge in [0.05, 0.1) is 5.69 Å². The number of anilines is 1. The molecule has 0 unspecified atom stereocenters. The molecule has 0 aliphatic carbocycles. The molecule has 1 fully saturated rings. The smallest absolute Gasteiger partial charge is 0.190 e. The summed E-state index contributed by atoms with van der Waals surface area (Å²) in [6.45, 7) is 1.97. The second-order valence-electron chi connectivity index (χ2n) is 4.84. The molecule has 1 aliphatic rings. The van der Waals surface area contributed by atoms with Crippen molar-refractivity contribution in [3.05, 3.63) is 66.0 Å². The minimum absolute atomic E-state index is 0.252. The molecule has 3 nitrogen and oxygen atoms in total. The Morgan fingerprint density at radius 1 is 1.05 bits per heavy atom. The number of hydrogen-bond donors (Lipinski definition) is 2. The van der Waals surface area contributed by atoms with Crippen LogP contribution in [0.25, 0.3) is 0 Å². The maximum absolute atomic E-state index is 13.0. The molecule has 0 bridgehead atoms. The summed E-state index contributed by atoms with van der Waals surface area (Å²) in [6, 6.07) is 16.2. The van der Waals surface area contributed by atoms with Gasteiger partial charge >= 0.3 is 0 Å². The zero-order valence-electron chi connectivity index (χ0n) is 10.9. The van der Waals surface area contributed by atoms with Crippen LogP contribution >= 0.6 is 12.2 Å². The first-order valence-electron chi connectivity index (χ1n) is 6.30. The van der Waals surface area contributed by atoms with Gasteiger partial charge in [0.1, 0.15) is 11.5 Å². The number of rotatable bonds is 2. The van der Waals surface area contributed by atoms with Crippen molar-refractivity contribution >= 4 is 23.0 Å². The number of benzene rings is 2. The van der Waals surface area contributed by atoms with Crippen LogP contribution in [0.5, 0.6) is 0 Å². The molecule has 0 amide bonds. The molecule has 0 radical (unpaired) electrons. The molecule has 0 saturated carbocycles. The molecule has 0 spiro atoms. The zero-order chi connectivity index (χ0) is 14.2. The summed E-state index contributed by atoms with van der Waals surface area (Å²) in [5.74, 6) is -0.252. The van der Waals surface area contributed by atoms with Crippen LogP contribution in [0.3, 0.4) is 0 Å². The lowest BCUT2D eigenvalue weighted by molar-refractivity contribution is 0.389. The van der Waals surface area contributed by atoms with Crippen LogP contribution in [-0.2, 0) is 5.66 Å². The molecule has 2 aromatic carbocycles. The zero-order valence-corrected chi connectivity index (χ0v) is 11.7. The maximum atomic E-state index is 13.0. The summed E-state index contributed by atoms with van der Waals surface area (Å²) < 4.78 is 13.0. The quantitative estimate of drug-likeness (QED) is 0.831. The van der Waals surface area contributed by atoms with Crippen molar-refractivity contribution in [2.45, 2.75) is 12.6 Å². The number of nitrogens with one attached hydrogen (secondary N) is 2. The van der Waals surface area contributed by atoms with E-state index >= 15 is 0 Å².